The van der Waals surface area contributed by atoms with Crippen molar-refractivity contribution >= 4 is 47.2 Å². The number of amides is 1. The third kappa shape index (κ3) is 7.23. The fraction of sp³-hybridized carbons (Fsp3) is 0.500. The Bertz CT molecular complexity index is 815. The van der Waals surface area contributed by atoms with Crippen LogP contribution in [0, 0.1) is 0 Å². The molecule has 2 aromatic rings. The number of likely N-dealkylation sites (tertiary alicyclic amines) is 1. The number of carbonyl (C=O) groups is 1. The molecule has 6 nitrogen and oxygen atoms in total. The van der Waals surface area contributed by atoms with E-state index in [9.17, 15) is 4.79 Å². The van der Waals surface area contributed by atoms with Crippen LogP contribution < -0.4 is 10.6 Å². The number of nitrogens with zero attached hydrogens (tertiary/aromatic N) is 3. The van der Waals surface area contributed by atoms with Crippen LogP contribution in [0.2, 0.25) is 0 Å². The Balaban J connectivity index is 0.00000320. The normalized spacial score (nSPS) is 14.2. The van der Waals surface area contributed by atoms with E-state index < -0.39 is 0 Å². The second-order valence-electron chi connectivity index (χ2n) is 7.17. The number of hydrogen-bond acceptors (Lipinski definition) is 4. The predicted molar refractivity (Wildman–Crippen MR) is 135 cm³/mol. The molecule has 2 heterocycles. The van der Waals surface area contributed by atoms with Crippen molar-refractivity contribution in [2.45, 2.75) is 52.6 Å². The summed E-state index contributed by atoms with van der Waals surface area (Å²) in [6.45, 7) is 7.97. The lowest BCUT2D eigenvalue weighted by Crippen LogP contribution is -2.36. The largest absolute Gasteiger partial charge is 0.357 e. The molecule has 2 N–H and O–H groups in total. The lowest BCUT2D eigenvalue weighted by atomic mass is 10.1. The minimum Gasteiger partial charge on any atom is -0.357 e. The first kappa shape index (κ1) is 24.6. The lowest BCUT2D eigenvalue weighted by Gasteiger charge is -2.26. The number of hydrogen-bond donors (Lipinski definition) is 2. The molecule has 8 heteroatoms. The van der Waals surface area contributed by atoms with Crippen LogP contribution in [-0.2, 0) is 19.5 Å². The number of thiazole rings is 1. The number of nitrogens with one attached hydrogen (secondary N) is 2. The molecule has 0 radical (unpaired) electrons. The molecule has 1 saturated heterocycles. The summed E-state index contributed by atoms with van der Waals surface area (Å²) in [6.07, 6.45) is 6.41. The second kappa shape index (κ2) is 12.9. The third-order valence-electron chi connectivity index (χ3n) is 4.97. The van der Waals surface area contributed by atoms with Crippen molar-refractivity contribution < 1.29 is 4.79 Å². The highest BCUT2D eigenvalue weighted by atomic mass is 127. The molecule has 1 aliphatic rings. The number of rotatable bonds is 7. The highest BCUT2D eigenvalue weighted by molar-refractivity contribution is 14.0. The smallest absolute Gasteiger partial charge is 0.253 e. The van der Waals surface area contributed by atoms with Gasteiger partial charge in [-0.05, 0) is 50.3 Å². The van der Waals surface area contributed by atoms with E-state index in [1.54, 1.807) is 11.3 Å². The molecule has 0 spiro atoms. The van der Waals surface area contributed by atoms with E-state index in [0.717, 1.165) is 61.0 Å². The van der Waals surface area contributed by atoms with Gasteiger partial charge in [-0.15, -0.1) is 35.3 Å². The van der Waals surface area contributed by atoms with Crippen LogP contribution in [0.3, 0.4) is 0 Å². The summed E-state index contributed by atoms with van der Waals surface area (Å²) >= 11 is 1.73. The second-order valence-corrected chi connectivity index (χ2v) is 8.37. The van der Waals surface area contributed by atoms with Crippen molar-refractivity contribution in [3.05, 3.63) is 51.5 Å². The Morgan fingerprint density at radius 2 is 1.87 bits per heavy atom. The van der Waals surface area contributed by atoms with E-state index in [2.05, 4.69) is 34.5 Å². The number of guanidine groups is 1. The molecule has 0 bridgehead atoms. The maximum atomic E-state index is 12.6. The Labute approximate surface area is 200 Å². The van der Waals surface area contributed by atoms with Gasteiger partial charge in [0.25, 0.3) is 5.91 Å². The maximum absolute atomic E-state index is 12.6. The van der Waals surface area contributed by atoms with Crippen LogP contribution in [0.15, 0.2) is 35.5 Å². The zero-order valence-electron chi connectivity index (χ0n) is 17.8. The number of aliphatic imine (C=N–C) groups is 1. The van der Waals surface area contributed by atoms with E-state index in [1.807, 2.05) is 35.4 Å². The first-order valence-electron chi connectivity index (χ1n) is 10.5. The van der Waals surface area contributed by atoms with E-state index >= 15 is 0 Å². The van der Waals surface area contributed by atoms with Gasteiger partial charge in [0.1, 0.15) is 5.01 Å². The minimum absolute atomic E-state index is 0. The summed E-state index contributed by atoms with van der Waals surface area (Å²) in [5, 5.41) is 7.68. The molecule has 1 amide bonds. The van der Waals surface area contributed by atoms with Gasteiger partial charge in [0, 0.05) is 36.3 Å². The number of piperidine rings is 1. The predicted octanol–water partition coefficient (Wildman–Crippen LogP) is 4.20. The van der Waals surface area contributed by atoms with Gasteiger partial charge in [0.15, 0.2) is 5.96 Å². The van der Waals surface area contributed by atoms with Crippen LogP contribution in [0.5, 0.6) is 0 Å². The number of halogens is 1. The number of benzene rings is 1. The minimum atomic E-state index is 0. The van der Waals surface area contributed by atoms with Crippen LogP contribution >= 0.6 is 35.3 Å². The number of aryl methyl sites for hydroxylation is 1. The van der Waals surface area contributed by atoms with Gasteiger partial charge in [-0.3, -0.25) is 4.79 Å². The molecular weight excluding hydrogens is 509 g/mol. The summed E-state index contributed by atoms with van der Waals surface area (Å²) in [7, 11) is 0. The van der Waals surface area contributed by atoms with Gasteiger partial charge in [0.05, 0.1) is 13.1 Å². The quantitative estimate of drug-likeness (QED) is 0.313. The van der Waals surface area contributed by atoms with E-state index in [4.69, 9.17) is 0 Å². The molecule has 0 unspecified atom stereocenters. The van der Waals surface area contributed by atoms with Gasteiger partial charge in [-0.25, -0.2) is 9.98 Å². The highest BCUT2D eigenvalue weighted by Gasteiger charge is 2.17. The van der Waals surface area contributed by atoms with E-state index in [1.165, 1.54) is 11.3 Å². The summed E-state index contributed by atoms with van der Waals surface area (Å²) in [5.74, 6) is 0.916. The fourth-order valence-corrected chi connectivity index (χ4v) is 4.10. The van der Waals surface area contributed by atoms with Gasteiger partial charge in [-0.1, -0.05) is 19.1 Å². The Hall–Kier alpha value is -1.68. The maximum Gasteiger partial charge on any atom is 0.253 e. The standard InChI is InChI=1S/C22H31N5OS.HI/c1-3-19-15-24-20(29-19)16-26-22(23-4-2)25-14-17-8-10-18(11-9-17)21(28)27-12-6-5-7-13-27;/h8-11,15H,3-7,12-14,16H2,1-2H3,(H2,23,25,26);1H. The van der Waals surface area contributed by atoms with Gasteiger partial charge in [-0.2, -0.15) is 0 Å². The van der Waals surface area contributed by atoms with Crippen LogP contribution in [0.25, 0.3) is 0 Å². The molecule has 164 valence electrons. The fourth-order valence-electron chi connectivity index (χ4n) is 3.30. The van der Waals surface area contributed by atoms with Crippen molar-refractivity contribution in [1.29, 1.82) is 0 Å². The first-order valence-corrected chi connectivity index (χ1v) is 11.3. The summed E-state index contributed by atoms with van der Waals surface area (Å²) in [6, 6.07) is 7.84. The molecule has 1 aromatic carbocycles. The molecule has 3 rings (SSSR count). The van der Waals surface area contributed by atoms with Crippen molar-refractivity contribution in [2.24, 2.45) is 4.99 Å². The van der Waals surface area contributed by atoms with Crippen LogP contribution in [0.4, 0.5) is 0 Å². The Kier molecular flexibility index (Phi) is 10.6. The first-order chi connectivity index (χ1) is 14.2. The summed E-state index contributed by atoms with van der Waals surface area (Å²) in [4.78, 5) is 24.9. The topological polar surface area (TPSA) is 69.6 Å². The van der Waals surface area contributed by atoms with Crippen molar-refractivity contribution in [2.75, 3.05) is 19.6 Å². The molecule has 0 aliphatic carbocycles. The van der Waals surface area contributed by atoms with Crippen LogP contribution in [-0.4, -0.2) is 41.4 Å². The lowest BCUT2D eigenvalue weighted by molar-refractivity contribution is 0.0724. The third-order valence-corrected chi connectivity index (χ3v) is 6.11. The summed E-state index contributed by atoms with van der Waals surface area (Å²) < 4.78 is 0. The van der Waals surface area contributed by atoms with Gasteiger partial charge >= 0.3 is 0 Å². The van der Waals surface area contributed by atoms with Crippen molar-refractivity contribution in [3.8, 4) is 0 Å². The average Bonchev–Trinajstić information content (AvgIpc) is 3.24. The Morgan fingerprint density at radius 3 is 2.50 bits per heavy atom. The molecule has 30 heavy (non-hydrogen) atoms. The van der Waals surface area contributed by atoms with Gasteiger partial charge < -0.3 is 15.5 Å². The average molecular weight is 542 g/mol. The molecule has 1 aliphatic heterocycles. The Morgan fingerprint density at radius 1 is 1.13 bits per heavy atom. The monoisotopic (exact) mass is 541 g/mol. The summed E-state index contributed by atoms with van der Waals surface area (Å²) in [5.41, 5.74) is 1.85. The number of carbonyl (C=O) groups excluding carboxylic acids is 1. The van der Waals surface area contributed by atoms with Crippen molar-refractivity contribution in [1.82, 2.24) is 20.5 Å². The molecule has 1 fully saturated rings. The van der Waals surface area contributed by atoms with E-state index in [-0.39, 0.29) is 29.9 Å². The van der Waals surface area contributed by atoms with E-state index in [0.29, 0.717) is 13.1 Å². The zero-order valence-corrected chi connectivity index (χ0v) is 21.0. The highest BCUT2D eigenvalue weighted by Crippen LogP contribution is 2.15. The molecule has 0 saturated carbocycles. The van der Waals surface area contributed by atoms with Gasteiger partial charge in [0.2, 0.25) is 0 Å². The molecular formula is C22H32IN5OS. The van der Waals surface area contributed by atoms with Crippen molar-refractivity contribution in [3.63, 3.8) is 0 Å². The SMILES string of the molecule is CCNC(=NCc1ccc(C(=O)N2CCCCC2)cc1)NCc1ncc(CC)s1.I. The zero-order chi connectivity index (χ0) is 20.5. The number of aromatic nitrogens is 1. The van der Waals surface area contributed by atoms with Crippen LogP contribution in [0.1, 0.15) is 58.9 Å². The molecule has 1 aromatic heterocycles. The molecule has 0 atom stereocenters.